The normalized spacial score (nSPS) is 12.5. The van der Waals surface area contributed by atoms with Crippen LogP contribution in [0.2, 0.25) is 0 Å². The van der Waals surface area contributed by atoms with Crippen molar-refractivity contribution in [3.05, 3.63) is 64.7 Å². The van der Waals surface area contributed by atoms with Gasteiger partial charge >= 0.3 is 18.2 Å². The molecule has 2 unspecified atom stereocenters. The maximum absolute atomic E-state index is 13.4. The van der Waals surface area contributed by atoms with Crippen molar-refractivity contribution in [3.63, 3.8) is 0 Å². The van der Waals surface area contributed by atoms with Gasteiger partial charge in [0.25, 0.3) is 0 Å². The minimum absolute atomic E-state index is 0.0110. The first-order valence-electron chi connectivity index (χ1n) is 12.4. The summed E-state index contributed by atoms with van der Waals surface area (Å²) in [6.07, 6.45) is -1.58. The van der Waals surface area contributed by atoms with Gasteiger partial charge in [-0.3, -0.25) is 4.79 Å². The van der Waals surface area contributed by atoms with Crippen LogP contribution in [0.5, 0.6) is 5.75 Å². The average Bonchev–Trinajstić information content (AvgIpc) is 2.85. The van der Waals surface area contributed by atoms with E-state index in [-0.39, 0.29) is 25.3 Å². The van der Waals surface area contributed by atoms with Gasteiger partial charge < -0.3 is 35.3 Å². The second-order valence-electron chi connectivity index (χ2n) is 9.99. The molecule has 0 saturated carbocycles. The lowest BCUT2D eigenvalue weighted by atomic mass is 9.95. The summed E-state index contributed by atoms with van der Waals surface area (Å²) in [5.41, 5.74) is 2.14. The number of nitrogens with one attached hydrogen (secondary N) is 3. The van der Waals surface area contributed by atoms with Crippen molar-refractivity contribution in [3.8, 4) is 5.75 Å². The number of aromatic hydroxyl groups is 1. The lowest BCUT2D eigenvalue weighted by Crippen LogP contribution is -2.56. The van der Waals surface area contributed by atoms with E-state index in [4.69, 9.17) is 14.2 Å². The van der Waals surface area contributed by atoms with Gasteiger partial charge in [-0.2, -0.15) is 0 Å². The second-order valence-corrected chi connectivity index (χ2v) is 9.99. The molecule has 0 aromatic heterocycles. The van der Waals surface area contributed by atoms with Gasteiger partial charge in [-0.05, 0) is 69.0 Å². The zero-order valence-electron chi connectivity index (χ0n) is 23.1. The Kier molecular flexibility index (Phi) is 11.1. The molecule has 212 valence electrons. The van der Waals surface area contributed by atoms with Crippen LogP contribution in [0.25, 0.3) is 0 Å². The summed E-state index contributed by atoms with van der Waals surface area (Å²) < 4.78 is 15.2. The highest BCUT2D eigenvalue weighted by Gasteiger charge is 2.30. The first kappa shape index (κ1) is 30.9. The Morgan fingerprint density at radius 1 is 0.923 bits per heavy atom. The molecule has 0 radical (unpaired) electrons. The van der Waals surface area contributed by atoms with Gasteiger partial charge in [0.15, 0.2) is 0 Å². The largest absolute Gasteiger partial charge is 0.508 e. The van der Waals surface area contributed by atoms with E-state index in [0.717, 1.165) is 18.2 Å². The van der Waals surface area contributed by atoms with Crippen LogP contribution in [-0.2, 0) is 36.8 Å². The van der Waals surface area contributed by atoms with Crippen LogP contribution in [0.3, 0.4) is 0 Å². The van der Waals surface area contributed by atoms with Gasteiger partial charge in [-0.25, -0.2) is 14.4 Å². The number of alkyl carbamates (subject to hydrolysis) is 2. The van der Waals surface area contributed by atoms with Crippen molar-refractivity contribution < 1.29 is 38.5 Å². The van der Waals surface area contributed by atoms with Crippen molar-refractivity contribution in [2.75, 3.05) is 13.7 Å². The third-order valence-electron chi connectivity index (χ3n) is 5.56. The van der Waals surface area contributed by atoms with Crippen molar-refractivity contribution >= 4 is 24.1 Å². The highest BCUT2D eigenvalue weighted by Crippen LogP contribution is 2.22. The summed E-state index contributed by atoms with van der Waals surface area (Å²) in [6, 6.07) is 9.70. The minimum Gasteiger partial charge on any atom is -0.508 e. The Balaban J connectivity index is 2.21. The predicted octanol–water partition coefficient (Wildman–Crippen LogP) is 3.03. The standard InChI is InChI=1S/C28H37N3O8/c1-17-12-20(32)13-18(2)21(17)14-22(31-27(36)38-16-19-10-8-7-9-11-19)24(33)30-23(25(34)37-6)15-29-26(35)39-28(3,4)5/h7-13,22-23,32H,14-16H2,1-6H3,(H,29,35)(H,30,33)(H,31,36). The van der Waals surface area contributed by atoms with Gasteiger partial charge in [-0.15, -0.1) is 0 Å². The molecule has 3 amide bonds. The number of rotatable bonds is 10. The van der Waals surface area contributed by atoms with Gasteiger partial charge in [0, 0.05) is 6.42 Å². The molecule has 2 atom stereocenters. The van der Waals surface area contributed by atoms with Crippen molar-refractivity contribution in [2.45, 2.75) is 65.3 Å². The molecule has 0 bridgehead atoms. The maximum atomic E-state index is 13.4. The molecule has 0 heterocycles. The molecule has 4 N–H and O–H groups in total. The SMILES string of the molecule is COC(=O)C(CNC(=O)OC(C)(C)C)NC(=O)C(Cc1c(C)cc(O)cc1C)NC(=O)OCc1ccccc1. The summed E-state index contributed by atoms with van der Waals surface area (Å²) in [5.74, 6) is -1.44. The van der Waals surface area contributed by atoms with Gasteiger partial charge in [0.1, 0.15) is 30.0 Å². The fourth-order valence-corrected chi connectivity index (χ4v) is 3.72. The molecular formula is C28H37N3O8. The summed E-state index contributed by atoms with van der Waals surface area (Å²) in [7, 11) is 1.15. The Morgan fingerprint density at radius 2 is 1.54 bits per heavy atom. The van der Waals surface area contributed by atoms with Crippen LogP contribution in [0.1, 0.15) is 43.0 Å². The third kappa shape index (κ3) is 10.5. The van der Waals surface area contributed by atoms with Gasteiger partial charge in [-0.1, -0.05) is 30.3 Å². The molecule has 0 aliphatic heterocycles. The number of methoxy groups -OCH3 is 1. The number of hydrogen-bond donors (Lipinski definition) is 4. The number of esters is 1. The lowest BCUT2D eigenvalue weighted by Gasteiger charge is -2.24. The molecule has 11 heteroatoms. The molecule has 2 rings (SSSR count). The average molecular weight is 544 g/mol. The quantitative estimate of drug-likeness (QED) is 0.264. The van der Waals surface area contributed by atoms with Gasteiger partial charge in [0.05, 0.1) is 13.7 Å². The van der Waals surface area contributed by atoms with E-state index in [1.807, 2.05) is 18.2 Å². The predicted molar refractivity (Wildman–Crippen MR) is 143 cm³/mol. The molecule has 0 saturated heterocycles. The first-order valence-corrected chi connectivity index (χ1v) is 12.4. The number of phenols is 1. The summed E-state index contributed by atoms with van der Waals surface area (Å²) in [6.45, 7) is 8.28. The number of hydrogen-bond acceptors (Lipinski definition) is 8. The van der Waals surface area contributed by atoms with Crippen LogP contribution < -0.4 is 16.0 Å². The number of amides is 3. The molecule has 0 spiro atoms. The topological polar surface area (TPSA) is 152 Å². The number of phenolic OH excluding ortho intramolecular Hbond substituents is 1. The van der Waals surface area contributed by atoms with E-state index >= 15 is 0 Å². The molecule has 2 aromatic carbocycles. The van der Waals surface area contributed by atoms with E-state index in [9.17, 15) is 24.3 Å². The van der Waals surface area contributed by atoms with Crippen LogP contribution in [0.15, 0.2) is 42.5 Å². The lowest BCUT2D eigenvalue weighted by molar-refractivity contribution is -0.145. The smallest absolute Gasteiger partial charge is 0.408 e. The number of aryl methyl sites for hydroxylation is 2. The highest BCUT2D eigenvalue weighted by molar-refractivity contribution is 5.90. The van der Waals surface area contributed by atoms with Crippen molar-refractivity contribution in [2.24, 2.45) is 0 Å². The molecule has 0 aliphatic carbocycles. The Morgan fingerprint density at radius 3 is 2.10 bits per heavy atom. The zero-order chi connectivity index (χ0) is 29.2. The highest BCUT2D eigenvalue weighted by atomic mass is 16.6. The molecular weight excluding hydrogens is 506 g/mol. The summed E-state index contributed by atoms with van der Waals surface area (Å²) in [4.78, 5) is 50.5. The van der Waals surface area contributed by atoms with E-state index in [2.05, 4.69) is 16.0 Å². The fraction of sp³-hybridized carbons (Fsp3) is 0.429. The number of carbonyl (C=O) groups excluding carboxylic acids is 4. The fourth-order valence-electron chi connectivity index (χ4n) is 3.72. The zero-order valence-corrected chi connectivity index (χ0v) is 23.1. The van der Waals surface area contributed by atoms with Gasteiger partial charge in [0.2, 0.25) is 5.91 Å². The van der Waals surface area contributed by atoms with Crippen molar-refractivity contribution in [1.82, 2.24) is 16.0 Å². The molecule has 2 aromatic rings. The number of carbonyl (C=O) groups is 4. The first-order chi connectivity index (χ1) is 18.3. The van der Waals surface area contributed by atoms with E-state index < -0.39 is 41.7 Å². The summed E-state index contributed by atoms with van der Waals surface area (Å²) >= 11 is 0. The molecule has 11 nitrogen and oxygen atoms in total. The third-order valence-corrected chi connectivity index (χ3v) is 5.56. The second kappa shape index (κ2) is 14.0. The van der Waals surface area contributed by atoms with Crippen LogP contribution in [0, 0.1) is 13.8 Å². The Hall–Kier alpha value is -4.28. The van der Waals surface area contributed by atoms with E-state index in [1.165, 1.54) is 0 Å². The maximum Gasteiger partial charge on any atom is 0.408 e. The Labute approximate surface area is 228 Å². The molecule has 0 aliphatic rings. The minimum atomic E-state index is -1.26. The Bertz CT molecular complexity index is 1140. The summed E-state index contributed by atoms with van der Waals surface area (Å²) in [5, 5.41) is 17.4. The van der Waals surface area contributed by atoms with E-state index in [1.54, 1.807) is 58.9 Å². The molecule has 0 fully saturated rings. The van der Waals surface area contributed by atoms with Crippen LogP contribution >= 0.6 is 0 Å². The van der Waals surface area contributed by atoms with Crippen LogP contribution in [-0.4, -0.2) is 60.5 Å². The van der Waals surface area contributed by atoms with Crippen molar-refractivity contribution in [1.29, 1.82) is 0 Å². The molecule has 39 heavy (non-hydrogen) atoms. The number of ether oxygens (including phenoxy) is 3. The van der Waals surface area contributed by atoms with E-state index in [0.29, 0.717) is 11.1 Å². The van der Waals surface area contributed by atoms with Crippen LogP contribution in [0.4, 0.5) is 9.59 Å². The monoisotopic (exact) mass is 543 g/mol. The number of benzene rings is 2.